The second-order valence-corrected chi connectivity index (χ2v) is 6.08. The van der Waals surface area contributed by atoms with Crippen LogP contribution >= 0.6 is 0 Å². The molecule has 6 nitrogen and oxygen atoms in total. The summed E-state index contributed by atoms with van der Waals surface area (Å²) >= 11 is 0. The number of hydrogen-bond donors (Lipinski definition) is 1. The van der Waals surface area contributed by atoms with Crippen molar-refractivity contribution in [1.29, 1.82) is 0 Å². The maximum atomic E-state index is 14.1. The topological polar surface area (TPSA) is 61.2 Å². The molecule has 1 aromatic carbocycles. The fourth-order valence-electron chi connectivity index (χ4n) is 3.31. The molecule has 0 bridgehead atoms. The molecule has 1 N–H and O–H groups in total. The van der Waals surface area contributed by atoms with Gasteiger partial charge in [0.2, 0.25) is 0 Å². The van der Waals surface area contributed by atoms with Crippen molar-refractivity contribution in [2.75, 3.05) is 19.0 Å². The molecule has 3 aromatic rings. The fourth-order valence-corrected chi connectivity index (χ4v) is 3.31. The zero-order chi connectivity index (χ0) is 17.4. The lowest BCUT2D eigenvalue weighted by Gasteiger charge is -2.21. The summed E-state index contributed by atoms with van der Waals surface area (Å²) in [4.78, 5) is 4.41. The lowest BCUT2D eigenvalue weighted by Crippen LogP contribution is -2.25. The van der Waals surface area contributed by atoms with Crippen LogP contribution in [0.15, 0.2) is 36.7 Å². The molecule has 2 aromatic heterocycles. The van der Waals surface area contributed by atoms with E-state index in [2.05, 4.69) is 15.4 Å². The highest BCUT2D eigenvalue weighted by molar-refractivity contribution is 5.92. The Bertz CT molecular complexity index is 911. The number of nitrogens with one attached hydrogen (secondary N) is 1. The first-order valence-corrected chi connectivity index (χ1v) is 8.15. The Hall–Kier alpha value is -2.67. The summed E-state index contributed by atoms with van der Waals surface area (Å²) in [5, 5.41) is 9.23. The highest BCUT2D eigenvalue weighted by Crippen LogP contribution is 2.34. The van der Waals surface area contributed by atoms with Gasteiger partial charge in [-0.05, 0) is 36.1 Å². The van der Waals surface area contributed by atoms with Crippen molar-refractivity contribution in [1.82, 2.24) is 14.8 Å². The monoisotopic (exact) mass is 342 g/mol. The predicted octanol–water partition coefficient (Wildman–Crippen LogP) is 3.06. The van der Waals surface area contributed by atoms with Crippen molar-refractivity contribution in [3.63, 3.8) is 0 Å². The highest BCUT2D eigenvalue weighted by Gasteiger charge is 2.32. The molecule has 7 heteroatoms. The molecule has 0 aliphatic carbocycles. The van der Waals surface area contributed by atoms with E-state index in [4.69, 9.17) is 9.47 Å². The van der Waals surface area contributed by atoms with Crippen LogP contribution in [0.2, 0.25) is 0 Å². The molecule has 0 saturated carbocycles. The number of halogens is 1. The van der Waals surface area contributed by atoms with E-state index in [0.717, 1.165) is 22.9 Å². The van der Waals surface area contributed by atoms with Crippen molar-refractivity contribution < 1.29 is 13.9 Å². The number of hydrogen-bond acceptors (Lipinski definition) is 5. The average Bonchev–Trinajstić information content (AvgIpc) is 3.23. The van der Waals surface area contributed by atoms with Crippen LogP contribution in [-0.4, -0.2) is 34.5 Å². The largest absolute Gasteiger partial charge is 0.494 e. The summed E-state index contributed by atoms with van der Waals surface area (Å²) in [6.45, 7) is 0.653. The average molecular weight is 342 g/mol. The Morgan fingerprint density at radius 2 is 2.20 bits per heavy atom. The molecule has 1 aliphatic rings. The molecule has 0 spiro atoms. The lowest BCUT2D eigenvalue weighted by atomic mass is 10.1. The van der Waals surface area contributed by atoms with Gasteiger partial charge in [-0.3, -0.25) is 4.68 Å². The SMILES string of the molecule is COc1cc2ccnc(N[C@H]3CCO[C@@H]3c3ccnn3C)c2cc1F. The number of aryl methyl sites for hydroxylation is 1. The van der Waals surface area contributed by atoms with Crippen LogP contribution in [0.25, 0.3) is 10.8 Å². The first-order chi connectivity index (χ1) is 12.2. The number of nitrogens with zero attached hydrogens (tertiary/aromatic N) is 3. The molecule has 0 amide bonds. The van der Waals surface area contributed by atoms with Crippen molar-refractivity contribution in [2.45, 2.75) is 18.6 Å². The minimum atomic E-state index is -0.406. The van der Waals surface area contributed by atoms with Crippen LogP contribution in [0.4, 0.5) is 10.2 Å². The molecule has 2 atom stereocenters. The number of fused-ring (bicyclic) bond motifs is 1. The van der Waals surface area contributed by atoms with Gasteiger partial charge < -0.3 is 14.8 Å². The molecule has 25 heavy (non-hydrogen) atoms. The Kier molecular flexibility index (Phi) is 4.01. The second-order valence-electron chi connectivity index (χ2n) is 6.08. The van der Waals surface area contributed by atoms with Gasteiger partial charge in [-0.2, -0.15) is 5.10 Å². The molecule has 1 saturated heterocycles. The maximum Gasteiger partial charge on any atom is 0.165 e. The van der Waals surface area contributed by atoms with Crippen molar-refractivity contribution >= 4 is 16.6 Å². The van der Waals surface area contributed by atoms with E-state index in [9.17, 15) is 4.39 Å². The third kappa shape index (κ3) is 2.80. The summed E-state index contributed by atoms with van der Waals surface area (Å²) in [7, 11) is 3.35. The third-order valence-electron chi connectivity index (χ3n) is 4.60. The van der Waals surface area contributed by atoms with Crippen LogP contribution in [0, 0.1) is 5.82 Å². The predicted molar refractivity (Wildman–Crippen MR) is 92.2 cm³/mol. The molecular formula is C18H19FN4O2. The molecule has 130 valence electrons. The normalized spacial score (nSPS) is 20.1. The minimum Gasteiger partial charge on any atom is -0.494 e. The summed E-state index contributed by atoms with van der Waals surface area (Å²) < 4.78 is 26.9. The first-order valence-electron chi connectivity index (χ1n) is 8.15. The zero-order valence-corrected chi connectivity index (χ0v) is 14.1. The van der Waals surface area contributed by atoms with Gasteiger partial charge in [0.25, 0.3) is 0 Å². The molecule has 4 rings (SSSR count). The number of ether oxygens (including phenoxy) is 2. The molecule has 0 unspecified atom stereocenters. The smallest absolute Gasteiger partial charge is 0.165 e. The van der Waals surface area contributed by atoms with Gasteiger partial charge in [0.15, 0.2) is 11.6 Å². The molecular weight excluding hydrogens is 323 g/mol. The Morgan fingerprint density at radius 3 is 2.96 bits per heavy atom. The van der Waals surface area contributed by atoms with E-state index in [0.29, 0.717) is 12.4 Å². The number of methoxy groups -OCH3 is 1. The Balaban J connectivity index is 1.68. The summed E-state index contributed by atoms with van der Waals surface area (Å²) in [5.41, 5.74) is 1.00. The number of rotatable bonds is 4. The van der Waals surface area contributed by atoms with Gasteiger partial charge >= 0.3 is 0 Å². The van der Waals surface area contributed by atoms with Crippen molar-refractivity contribution in [3.8, 4) is 5.75 Å². The van der Waals surface area contributed by atoms with E-state index in [1.54, 1.807) is 18.5 Å². The van der Waals surface area contributed by atoms with Crippen LogP contribution in [0.3, 0.4) is 0 Å². The number of benzene rings is 1. The summed E-state index contributed by atoms with van der Waals surface area (Å²) in [6, 6.07) is 6.97. The highest BCUT2D eigenvalue weighted by atomic mass is 19.1. The van der Waals surface area contributed by atoms with Gasteiger partial charge in [-0.25, -0.2) is 9.37 Å². The molecule has 1 aliphatic heterocycles. The molecule has 3 heterocycles. The van der Waals surface area contributed by atoms with Crippen molar-refractivity contribution in [2.24, 2.45) is 7.05 Å². The van der Waals surface area contributed by atoms with E-state index in [-0.39, 0.29) is 17.9 Å². The zero-order valence-electron chi connectivity index (χ0n) is 14.1. The lowest BCUT2D eigenvalue weighted by molar-refractivity contribution is 0.101. The van der Waals surface area contributed by atoms with Crippen LogP contribution in [-0.2, 0) is 11.8 Å². The number of pyridine rings is 1. The van der Waals surface area contributed by atoms with Gasteiger partial charge in [0.1, 0.15) is 11.9 Å². The van der Waals surface area contributed by atoms with E-state index >= 15 is 0 Å². The Labute approximate surface area is 144 Å². The number of aromatic nitrogens is 3. The van der Waals surface area contributed by atoms with Gasteiger partial charge in [0, 0.05) is 31.4 Å². The van der Waals surface area contributed by atoms with E-state index in [1.165, 1.54) is 13.2 Å². The van der Waals surface area contributed by atoms with Crippen molar-refractivity contribution in [3.05, 3.63) is 48.2 Å². The molecule has 1 fully saturated rings. The third-order valence-corrected chi connectivity index (χ3v) is 4.60. The Morgan fingerprint density at radius 1 is 1.32 bits per heavy atom. The molecule has 0 radical (unpaired) electrons. The van der Waals surface area contributed by atoms with Gasteiger partial charge in [-0.15, -0.1) is 0 Å². The van der Waals surface area contributed by atoms with E-state index in [1.807, 2.05) is 23.9 Å². The second kappa shape index (κ2) is 6.33. The first kappa shape index (κ1) is 15.8. The van der Waals surface area contributed by atoms with Crippen LogP contribution in [0.1, 0.15) is 18.2 Å². The maximum absolute atomic E-state index is 14.1. The summed E-state index contributed by atoms with van der Waals surface area (Å²) in [6.07, 6.45) is 4.18. The van der Waals surface area contributed by atoms with E-state index < -0.39 is 5.82 Å². The minimum absolute atomic E-state index is 0.0404. The number of anilines is 1. The van der Waals surface area contributed by atoms with Gasteiger partial charge in [0.05, 0.1) is 18.8 Å². The fraction of sp³-hybridized carbons (Fsp3) is 0.333. The summed E-state index contributed by atoms with van der Waals surface area (Å²) in [5.74, 6) is 0.459. The van der Waals surface area contributed by atoms with Crippen LogP contribution in [0.5, 0.6) is 5.75 Å². The van der Waals surface area contributed by atoms with Gasteiger partial charge in [-0.1, -0.05) is 0 Å². The standard InChI is InChI=1S/C18H19FN4O2/c1-23-15(4-7-21-23)17-14(5-8-25-17)22-18-12-10-13(19)16(24-2)9-11(12)3-6-20-18/h3-4,6-7,9-10,14,17H,5,8H2,1-2H3,(H,20,22)/t14-,17-/m0/s1. The quantitative estimate of drug-likeness (QED) is 0.790. The van der Waals surface area contributed by atoms with Crippen LogP contribution < -0.4 is 10.1 Å².